The minimum absolute atomic E-state index is 0.340. The molecule has 0 atom stereocenters. The number of amides is 1. The first-order chi connectivity index (χ1) is 16.4. The van der Waals surface area contributed by atoms with Crippen molar-refractivity contribution in [1.29, 1.82) is 0 Å². The zero-order chi connectivity index (χ0) is 24.2. The minimum atomic E-state index is -0.369. The highest BCUT2D eigenvalue weighted by molar-refractivity contribution is 6.05. The molecule has 174 valence electrons. The monoisotopic (exact) mass is 461 g/mol. The number of halogens is 1. The van der Waals surface area contributed by atoms with Gasteiger partial charge in [-0.2, -0.15) is 0 Å². The van der Waals surface area contributed by atoms with Gasteiger partial charge >= 0.3 is 0 Å². The molecule has 1 amide bonds. The molecule has 4 aromatic rings. The molecular formula is C27H24FNO5. The van der Waals surface area contributed by atoms with E-state index in [1.807, 2.05) is 31.2 Å². The van der Waals surface area contributed by atoms with Crippen molar-refractivity contribution in [2.24, 2.45) is 0 Å². The van der Waals surface area contributed by atoms with E-state index < -0.39 is 0 Å². The van der Waals surface area contributed by atoms with E-state index in [1.54, 1.807) is 33.7 Å². The molecule has 34 heavy (non-hydrogen) atoms. The van der Waals surface area contributed by atoms with Crippen LogP contribution in [0.1, 0.15) is 12.5 Å². The van der Waals surface area contributed by atoms with Crippen molar-refractivity contribution in [1.82, 2.24) is 0 Å². The predicted octanol–water partition coefficient (Wildman–Crippen LogP) is 6.31. The lowest BCUT2D eigenvalue weighted by Crippen LogP contribution is -2.08. The summed E-state index contributed by atoms with van der Waals surface area (Å²) in [6, 6.07) is 14.8. The number of carbonyl (C=O) groups is 1. The second kappa shape index (κ2) is 9.70. The van der Waals surface area contributed by atoms with Gasteiger partial charge in [0.05, 0.1) is 27.6 Å². The maximum Gasteiger partial charge on any atom is 0.248 e. The van der Waals surface area contributed by atoms with Crippen molar-refractivity contribution in [3.05, 3.63) is 78.3 Å². The highest BCUT2D eigenvalue weighted by atomic mass is 19.1. The van der Waals surface area contributed by atoms with Crippen LogP contribution in [0.15, 0.2) is 71.4 Å². The number of anilines is 1. The second-order valence-electron chi connectivity index (χ2n) is 7.59. The summed E-state index contributed by atoms with van der Waals surface area (Å²) < 4.78 is 35.4. The maximum absolute atomic E-state index is 13.1. The van der Waals surface area contributed by atoms with Crippen molar-refractivity contribution in [3.8, 4) is 28.4 Å². The fourth-order valence-corrected chi connectivity index (χ4v) is 3.75. The third-order valence-electron chi connectivity index (χ3n) is 5.48. The minimum Gasteiger partial charge on any atom is -0.497 e. The molecule has 0 aliphatic rings. The molecule has 1 heterocycles. The molecule has 4 rings (SSSR count). The number of ether oxygens (including phenoxy) is 3. The highest BCUT2D eigenvalue weighted by Gasteiger charge is 2.18. The van der Waals surface area contributed by atoms with Crippen LogP contribution in [0.3, 0.4) is 0 Å². The Labute approximate surface area is 196 Å². The van der Waals surface area contributed by atoms with Crippen LogP contribution in [0.2, 0.25) is 0 Å². The van der Waals surface area contributed by atoms with E-state index in [1.165, 1.54) is 30.3 Å². The lowest BCUT2D eigenvalue weighted by atomic mass is 9.98. The normalized spacial score (nSPS) is 11.4. The molecule has 0 radical (unpaired) electrons. The van der Waals surface area contributed by atoms with Crippen LogP contribution in [0.5, 0.6) is 17.2 Å². The summed E-state index contributed by atoms with van der Waals surface area (Å²) in [4.78, 5) is 12.6. The summed E-state index contributed by atoms with van der Waals surface area (Å²) in [5, 5.41) is 3.56. The largest absolute Gasteiger partial charge is 0.497 e. The van der Waals surface area contributed by atoms with Gasteiger partial charge in [0.2, 0.25) is 5.91 Å². The molecule has 0 aliphatic heterocycles. The van der Waals surface area contributed by atoms with Crippen LogP contribution in [0.4, 0.5) is 10.1 Å². The number of benzene rings is 3. The van der Waals surface area contributed by atoms with Gasteiger partial charge in [-0.1, -0.05) is 0 Å². The van der Waals surface area contributed by atoms with Gasteiger partial charge in [0.15, 0.2) is 0 Å². The summed E-state index contributed by atoms with van der Waals surface area (Å²) in [5.74, 6) is 1.22. The Morgan fingerprint density at radius 1 is 0.912 bits per heavy atom. The number of hydrogen-bond acceptors (Lipinski definition) is 5. The lowest BCUT2D eigenvalue weighted by molar-refractivity contribution is -0.111. The smallest absolute Gasteiger partial charge is 0.248 e. The zero-order valence-corrected chi connectivity index (χ0v) is 19.3. The van der Waals surface area contributed by atoms with Gasteiger partial charge in [0, 0.05) is 39.9 Å². The Morgan fingerprint density at radius 3 is 2.32 bits per heavy atom. The lowest BCUT2D eigenvalue weighted by Gasteiger charge is -2.12. The molecule has 7 heteroatoms. The van der Waals surface area contributed by atoms with Gasteiger partial charge in [-0.15, -0.1) is 0 Å². The number of allylic oxidation sites excluding steroid dienone is 1. The van der Waals surface area contributed by atoms with E-state index >= 15 is 0 Å². The molecule has 0 unspecified atom stereocenters. The SMILES string of the molecule is COc1ccc(OC)c(-c2coc3cc(OC)c(/C(C)=C/C(=O)Nc4ccc(F)cc4)cc23)c1. The Kier molecular flexibility index (Phi) is 6.54. The molecule has 3 aromatic carbocycles. The second-order valence-corrected chi connectivity index (χ2v) is 7.59. The number of furan rings is 1. The summed E-state index contributed by atoms with van der Waals surface area (Å²) in [7, 11) is 4.77. The number of rotatable bonds is 7. The zero-order valence-electron chi connectivity index (χ0n) is 19.3. The topological polar surface area (TPSA) is 69.9 Å². The number of fused-ring (bicyclic) bond motifs is 1. The Balaban J connectivity index is 1.75. The van der Waals surface area contributed by atoms with Crippen LogP contribution in [-0.4, -0.2) is 27.2 Å². The molecule has 0 saturated heterocycles. The molecular weight excluding hydrogens is 437 g/mol. The summed E-state index contributed by atoms with van der Waals surface area (Å²) in [6.45, 7) is 1.82. The Morgan fingerprint density at radius 2 is 1.65 bits per heavy atom. The van der Waals surface area contributed by atoms with Gasteiger partial charge in [0.25, 0.3) is 0 Å². The molecule has 0 bridgehead atoms. The molecule has 1 aromatic heterocycles. The number of methoxy groups -OCH3 is 3. The van der Waals surface area contributed by atoms with Crippen molar-refractivity contribution in [2.45, 2.75) is 6.92 Å². The van der Waals surface area contributed by atoms with Crippen molar-refractivity contribution in [2.75, 3.05) is 26.6 Å². The highest BCUT2D eigenvalue weighted by Crippen LogP contribution is 2.41. The standard InChI is InChI=1S/C27H24FNO5/c1-16(11-27(30)29-18-7-5-17(28)6-8-18)20-13-22-23(15-34-26(22)14-25(20)33-4)21-12-19(31-2)9-10-24(21)32-3/h5-15H,1-4H3,(H,29,30)/b16-11+. The first kappa shape index (κ1) is 22.9. The molecule has 0 aliphatic carbocycles. The predicted molar refractivity (Wildman–Crippen MR) is 130 cm³/mol. The Hall–Kier alpha value is -4.26. The third kappa shape index (κ3) is 4.59. The number of nitrogens with one attached hydrogen (secondary N) is 1. The van der Waals surface area contributed by atoms with Crippen LogP contribution in [0, 0.1) is 5.82 Å². The average molecular weight is 461 g/mol. The molecule has 6 nitrogen and oxygen atoms in total. The third-order valence-corrected chi connectivity index (χ3v) is 5.48. The van der Waals surface area contributed by atoms with Gasteiger partial charge < -0.3 is 23.9 Å². The van der Waals surface area contributed by atoms with Crippen LogP contribution >= 0.6 is 0 Å². The molecule has 0 saturated carbocycles. The summed E-state index contributed by atoms with van der Waals surface area (Å²) >= 11 is 0. The number of carbonyl (C=O) groups excluding carboxylic acids is 1. The number of hydrogen-bond donors (Lipinski definition) is 1. The van der Waals surface area contributed by atoms with Crippen molar-refractivity contribution < 1.29 is 27.8 Å². The van der Waals surface area contributed by atoms with E-state index in [-0.39, 0.29) is 11.7 Å². The molecule has 0 spiro atoms. The van der Waals surface area contributed by atoms with Crippen molar-refractivity contribution in [3.63, 3.8) is 0 Å². The van der Waals surface area contributed by atoms with E-state index in [0.717, 1.165) is 22.1 Å². The van der Waals surface area contributed by atoms with E-state index in [4.69, 9.17) is 18.6 Å². The van der Waals surface area contributed by atoms with Crippen LogP contribution < -0.4 is 19.5 Å². The van der Waals surface area contributed by atoms with Crippen LogP contribution in [-0.2, 0) is 4.79 Å². The van der Waals surface area contributed by atoms with Gasteiger partial charge in [-0.3, -0.25) is 4.79 Å². The molecule has 0 fully saturated rings. The van der Waals surface area contributed by atoms with Gasteiger partial charge in [-0.25, -0.2) is 4.39 Å². The summed E-state index contributed by atoms with van der Waals surface area (Å²) in [6.07, 6.45) is 3.13. The first-order valence-electron chi connectivity index (χ1n) is 10.5. The van der Waals surface area contributed by atoms with Gasteiger partial charge in [0.1, 0.15) is 28.6 Å². The van der Waals surface area contributed by atoms with Crippen molar-refractivity contribution >= 4 is 28.1 Å². The maximum atomic E-state index is 13.1. The van der Waals surface area contributed by atoms with E-state index in [0.29, 0.717) is 34.1 Å². The average Bonchev–Trinajstić information content (AvgIpc) is 3.26. The fraction of sp³-hybridized carbons (Fsp3) is 0.148. The van der Waals surface area contributed by atoms with Gasteiger partial charge in [-0.05, 0) is 61.0 Å². The van der Waals surface area contributed by atoms with Crippen LogP contribution in [0.25, 0.3) is 27.7 Å². The fourth-order valence-electron chi connectivity index (χ4n) is 3.75. The van der Waals surface area contributed by atoms with E-state index in [9.17, 15) is 9.18 Å². The molecule has 1 N–H and O–H groups in total. The quantitative estimate of drug-likeness (QED) is 0.327. The first-order valence-corrected chi connectivity index (χ1v) is 10.5. The Bertz CT molecular complexity index is 1370. The summed E-state index contributed by atoms with van der Waals surface area (Å²) in [5.41, 5.74) is 4.17. The van der Waals surface area contributed by atoms with E-state index in [2.05, 4.69) is 5.32 Å².